The minimum atomic E-state index is -2.03. The number of para-hydroxylation sites is 3. The van der Waals surface area contributed by atoms with E-state index in [2.05, 4.69) is 190 Å². The molecule has 0 unspecified atom stereocenters. The molecule has 0 saturated heterocycles. The topological polar surface area (TPSA) is 37.4 Å². The van der Waals surface area contributed by atoms with E-state index in [4.69, 9.17) is 9.72 Å². The lowest BCUT2D eigenvalue weighted by atomic mass is 9.64. The third-order valence-electron chi connectivity index (χ3n) is 10.5. The van der Waals surface area contributed by atoms with Crippen LogP contribution in [0.15, 0.2) is 170 Å². The minimum Gasteiger partial charge on any atom is -0.458 e. The second-order valence-electron chi connectivity index (χ2n) is 13.9. The van der Waals surface area contributed by atoms with Gasteiger partial charge in [0.1, 0.15) is 25.4 Å². The van der Waals surface area contributed by atoms with Gasteiger partial charge >= 0.3 is 6.98 Å². The average Bonchev–Trinajstić information content (AvgIpc) is 3.76. The number of nitrogens with zero attached hydrogens (tertiary/aromatic N) is 5. The first-order valence-electron chi connectivity index (χ1n) is 17.7. The number of imidazole rings is 1. The summed E-state index contributed by atoms with van der Waals surface area (Å²) in [6.07, 6.45) is 5.58. The van der Waals surface area contributed by atoms with Crippen LogP contribution < -0.4 is 34.8 Å². The number of aromatic nitrogens is 3. The van der Waals surface area contributed by atoms with Crippen LogP contribution >= 0.6 is 0 Å². The van der Waals surface area contributed by atoms with Gasteiger partial charge in [-0.1, -0.05) is 110 Å². The number of ether oxygens (including phenoxy) is 1. The fourth-order valence-electron chi connectivity index (χ4n) is 8.05. The predicted octanol–water partition coefficient (Wildman–Crippen LogP) is 7.72. The minimum absolute atomic E-state index is 0.150. The van der Waals surface area contributed by atoms with Crippen LogP contribution in [-0.4, -0.2) is 24.6 Å². The molecule has 6 aromatic carbocycles. The van der Waals surface area contributed by atoms with E-state index in [0.29, 0.717) is 0 Å². The van der Waals surface area contributed by atoms with E-state index in [9.17, 15) is 0 Å². The number of rotatable bonds is 6. The van der Waals surface area contributed by atoms with Crippen molar-refractivity contribution in [3.8, 4) is 22.9 Å². The summed E-state index contributed by atoms with van der Waals surface area (Å²) in [6.45, 7) is 4.73. The molecule has 0 aliphatic carbocycles. The molecule has 8 aromatic rings. The van der Waals surface area contributed by atoms with E-state index in [1.807, 2.05) is 18.3 Å². The van der Waals surface area contributed by atoms with Gasteiger partial charge in [-0.2, -0.15) is 0 Å². The Labute approximate surface area is 304 Å². The fourth-order valence-corrected chi connectivity index (χ4v) is 11.0. The Balaban J connectivity index is 1.06. The van der Waals surface area contributed by atoms with Crippen molar-refractivity contribution in [3.05, 3.63) is 176 Å². The molecule has 4 heterocycles. The number of fused-ring (bicyclic) bond motifs is 3. The largest absolute Gasteiger partial charge is 0.458 e. The van der Waals surface area contributed by atoms with Gasteiger partial charge in [0.25, 0.3) is 6.33 Å². The van der Waals surface area contributed by atoms with Crippen LogP contribution in [-0.2, 0) is 0 Å². The maximum atomic E-state index is 6.75. The zero-order valence-corrected chi connectivity index (χ0v) is 29.9. The molecule has 0 spiro atoms. The van der Waals surface area contributed by atoms with Crippen LogP contribution in [0.1, 0.15) is 0 Å². The van der Waals surface area contributed by atoms with Crippen molar-refractivity contribution in [1.82, 2.24) is 9.55 Å². The molecule has 0 bridgehead atoms. The lowest BCUT2D eigenvalue weighted by Crippen LogP contribution is -2.57. The molecule has 52 heavy (non-hydrogen) atoms. The molecule has 2 aliphatic heterocycles. The van der Waals surface area contributed by atoms with Crippen LogP contribution in [0.25, 0.3) is 22.4 Å². The van der Waals surface area contributed by atoms with Gasteiger partial charge in [0.15, 0.2) is 0 Å². The fraction of sp³-hybridized carbons (Fsp3) is 0.0455. The Bertz CT molecular complexity index is 2610. The standard InChI is InChI=1S/C44H34BN5OSi/c1-52(2)41-27-26-37(30-40(41)48-31-47(33-17-8-4-9-18-33)38-23-13-25-42(52)43(38)48)51-36-22-12-21-35(29-36)50-44-39(24-14-28-46-44)49(34-19-10-5-11-20-34)45(50)32-15-6-3-7-16-32/h3-30H,1-2H3. The van der Waals surface area contributed by atoms with Gasteiger partial charge in [-0.15, -0.1) is 0 Å². The molecule has 0 fully saturated rings. The Morgan fingerprint density at radius 2 is 1.33 bits per heavy atom. The van der Waals surface area contributed by atoms with Crippen LogP contribution in [0.2, 0.25) is 13.1 Å². The predicted molar refractivity (Wildman–Crippen MR) is 214 cm³/mol. The lowest BCUT2D eigenvalue weighted by molar-refractivity contribution is -0.572. The number of hydrogen-bond donors (Lipinski definition) is 0. The number of anilines is 4. The van der Waals surface area contributed by atoms with E-state index in [1.54, 1.807) is 0 Å². The van der Waals surface area contributed by atoms with Gasteiger partial charge in [0.2, 0.25) is 0 Å². The van der Waals surface area contributed by atoms with E-state index < -0.39 is 8.07 Å². The second-order valence-corrected chi connectivity index (χ2v) is 18.2. The molecule has 0 amide bonds. The zero-order valence-electron chi connectivity index (χ0n) is 28.9. The van der Waals surface area contributed by atoms with E-state index in [-0.39, 0.29) is 6.98 Å². The summed E-state index contributed by atoms with van der Waals surface area (Å²) < 4.78 is 11.2. The van der Waals surface area contributed by atoms with E-state index in [1.165, 1.54) is 21.4 Å². The molecule has 0 atom stereocenters. The monoisotopic (exact) mass is 687 g/mol. The van der Waals surface area contributed by atoms with Gasteiger partial charge in [0.05, 0.1) is 28.1 Å². The van der Waals surface area contributed by atoms with Crippen molar-refractivity contribution in [2.45, 2.75) is 13.1 Å². The summed E-state index contributed by atoms with van der Waals surface area (Å²) >= 11 is 0. The van der Waals surface area contributed by atoms with Crippen molar-refractivity contribution in [2.24, 2.45) is 0 Å². The van der Waals surface area contributed by atoms with Gasteiger partial charge in [-0.05, 0) is 76.5 Å². The Morgan fingerprint density at radius 1 is 0.615 bits per heavy atom. The van der Waals surface area contributed by atoms with Crippen LogP contribution in [0.5, 0.6) is 11.5 Å². The molecule has 0 N–H and O–H groups in total. The first kappa shape index (κ1) is 30.4. The number of pyridine rings is 1. The zero-order chi connectivity index (χ0) is 34.8. The smallest absolute Gasteiger partial charge is 0.421 e. The van der Waals surface area contributed by atoms with Crippen LogP contribution in [0.4, 0.5) is 22.9 Å². The van der Waals surface area contributed by atoms with Crippen molar-refractivity contribution < 1.29 is 9.30 Å². The van der Waals surface area contributed by atoms with Gasteiger partial charge in [-0.25, -0.2) is 4.98 Å². The third-order valence-corrected chi connectivity index (χ3v) is 14.0. The maximum Gasteiger partial charge on any atom is 0.421 e. The number of hydrogen-bond acceptors (Lipinski definition) is 4. The highest BCUT2D eigenvalue weighted by atomic mass is 28.3. The van der Waals surface area contributed by atoms with Gasteiger partial charge in [-0.3, -0.25) is 9.13 Å². The summed E-state index contributed by atoms with van der Waals surface area (Å²) in [7, 11) is -2.03. The summed E-state index contributed by atoms with van der Waals surface area (Å²) in [5.74, 6) is 2.44. The molecule has 10 rings (SSSR count). The lowest BCUT2D eigenvalue weighted by Gasteiger charge is -2.32. The van der Waals surface area contributed by atoms with Crippen LogP contribution in [0.3, 0.4) is 0 Å². The molecular weight excluding hydrogens is 653 g/mol. The SMILES string of the molecule is C[Si]1(C)c2ccc(Oc3cccc(N4B(c5ccccc5)N(c5ccccc5)c5cccnc54)c3)cc2-n2[c-][n+](-c3ccccc3)c3cccc1c32. The molecule has 0 saturated carbocycles. The average molecular weight is 688 g/mol. The Kier molecular flexibility index (Phi) is 6.94. The highest BCUT2D eigenvalue weighted by Crippen LogP contribution is 2.45. The quantitative estimate of drug-likeness (QED) is 0.102. The maximum absolute atomic E-state index is 6.75. The van der Waals surface area contributed by atoms with Crippen molar-refractivity contribution in [1.29, 1.82) is 0 Å². The van der Waals surface area contributed by atoms with Gasteiger partial charge in [0, 0.05) is 23.6 Å². The van der Waals surface area contributed by atoms with Crippen molar-refractivity contribution in [3.63, 3.8) is 0 Å². The first-order valence-corrected chi connectivity index (χ1v) is 20.7. The highest BCUT2D eigenvalue weighted by molar-refractivity contribution is 7.02. The van der Waals surface area contributed by atoms with Crippen molar-refractivity contribution >= 4 is 64.8 Å². The summed E-state index contributed by atoms with van der Waals surface area (Å²) in [5, 5.41) is 2.79. The molecule has 248 valence electrons. The normalized spacial score (nSPS) is 14.0. The Hall–Kier alpha value is -6.38. The highest BCUT2D eigenvalue weighted by Gasteiger charge is 2.44. The van der Waals surface area contributed by atoms with E-state index in [0.717, 1.165) is 51.3 Å². The summed E-state index contributed by atoms with van der Waals surface area (Å²) in [4.78, 5) is 9.63. The molecular formula is C44H34BN5OSi. The summed E-state index contributed by atoms with van der Waals surface area (Å²) in [6, 6.07) is 57.5. The molecule has 8 heteroatoms. The third kappa shape index (κ3) is 4.72. The molecule has 2 aliphatic rings. The second kappa shape index (κ2) is 11.9. The number of benzene rings is 6. The molecule has 6 nitrogen and oxygen atoms in total. The summed E-state index contributed by atoms with van der Waals surface area (Å²) in [5.41, 5.74) is 8.92. The first-order chi connectivity index (χ1) is 25.6. The van der Waals surface area contributed by atoms with Gasteiger partial charge < -0.3 is 14.4 Å². The Morgan fingerprint density at radius 3 is 2.13 bits per heavy atom. The van der Waals surface area contributed by atoms with Crippen molar-refractivity contribution in [2.75, 3.05) is 9.62 Å². The molecule has 2 aromatic heterocycles. The molecule has 0 radical (unpaired) electrons. The van der Waals surface area contributed by atoms with Crippen LogP contribution in [0, 0.1) is 6.33 Å². The van der Waals surface area contributed by atoms with E-state index >= 15 is 0 Å².